The molecule has 2 N–H and O–H groups in total. The molecular weight excluding hydrogens is 623 g/mol. The van der Waals surface area contributed by atoms with Crippen LogP contribution in [0.1, 0.15) is 59.8 Å². The Hall–Kier alpha value is -1.58. The monoisotopic (exact) mass is 665 g/mol. The molecule has 5 rings (SSSR count). The summed E-state index contributed by atoms with van der Waals surface area (Å²) in [6, 6.07) is 21.4. The Morgan fingerprint density at radius 1 is 0.861 bits per heavy atom. The Morgan fingerprint density at radius 3 is 2.17 bits per heavy atom. The van der Waals surface area contributed by atoms with Crippen molar-refractivity contribution >= 4 is 10.8 Å². The molecule has 2 aromatic carbocycles. The quantitative estimate of drug-likeness (QED) is 0.285. The number of aromatic nitrogens is 1. The SMILES string of the molecule is CC(C)C[C@H]1CCC2C[C@H](CC(C)C)C(O)C2C1O.[Ir].[c-]1ccccc1-c1cc2ccccc2cn1. The van der Waals surface area contributed by atoms with E-state index in [2.05, 4.69) is 56.9 Å². The van der Waals surface area contributed by atoms with E-state index in [1.54, 1.807) is 0 Å². The zero-order valence-electron chi connectivity index (χ0n) is 22.1. The van der Waals surface area contributed by atoms with Crippen LogP contribution in [0.15, 0.2) is 60.8 Å². The first-order valence-electron chi connectivity index (χ1n) is 13.5. The zero-order chi connectivity index (χ0) is 24.9. The van der Waals surface area contributed by atoms with Gasteiger partial charge in [0.05, 0.1) is 12.2 Å². The summed E-state index contributed by atoms with van der Waals surface area (Å²) >= 11 is 0. The summed E-state index contributed by atoms with van der Waals surface area (Å²) in [4.78, 5) is 4.45. The van der Waals surface area contributed by atoms with E-state index in [-0.39, 0.29) is 38.2 Å². The van der Waals surface area contributed by atoms with Crippen molar-refractivity contribution in [3.8, 4) is 11.3 Å². The third kappa shape index (κ3) is 7.04. The maximum atomic E-state index is 10.7. The van der Waals surface area contributed by atoms with Crippen LogP contribution in [-0.4, -0.2) is 27.4 Å². The molecule has 1 heterocycles. The van der Waals surface area contributed by atoms with Crippen molar-refractivity contribution in [3.63, 3.8) is 0 Å². The predicted octanol–water partition coefficient (Wildman–Crippen LogP) is 7.16. The molecule has 2 aliphatic rings. The average Bonchev–Trinajstić information content (AvgIpc) is 3.16. The standard InChI is InChI=1S/C17H32O2.C15H10N.Ir/c1-10(2)7-13-6-5-12-9-14(8-11(3)4)17(19)15(12)16(13)18;1-2-6-12(7-3-1)15-10-13-8-4-5-9-14(13)11-16-15;/h10-19H,5-9H2,1-4H3;1-6,8-11H;/q;-1;/t12?,13-,14+,15?,16?,17?;;/m1../s1. The van der Waals surface area contributed by atoms with Crippen molar-refractivity contribution in [1.29, 1.82) is 0 Å². The molecule has 0 saturated heterocycles. The number of aliphatic hydroxyl groups excluding tert-OH is 2. The van der Waals surface area contributed by atoms with Crippen molar-refractivity contribution in [3.05, 3.63) is 66.9 Å². The van der Waals surface area contributed by atoms with Crippen LogP contribution in [0, 0.1) is 41.6 Å². The fraction of sp³-hybridized carbons (Fsp3) is 0.531. The van der Waals surface area contributed by atoms with Crippen molar-refractivity contribution < 1.29 is 30.3 Å². The van der Waals surface area contributed by atoms with Gasteiger partial charge in [0.1, 0.15) is 0 Å². The number of aliphatic hydroxyl groups is 2. The van der Waals surface area contributed by atoms with Gasteiger partial charge in [-0.05, 0) is 78.2 Å². The molecule has 0 amide bonds. The van der Waals surface area contributed by atoms with Crippen molar-refractivity contribution in [2.24, 2.45) is 35.5 Å². The molecule has 0 bridgehead atoms. The van der Waals surface area contributed by atoms with Crippen LogP contribution in [0.2, 0.25) is 0 Å². The molecule has 0 aliphatic heterocycles. The van der Waals surface area contributed by atoms with Gasteiger partial charge >= 0.3 is 0 Å². The molecule has 1 radical (unpaired) electrons. The molecule has 6 atom stereocenters. The van der Waals surface area contributed by atoms with E-state index >= 15 is 0 Å². The molecule has 4 unspecified atom stereocenters. The van der Waals surface area contributed by atoms with Gasteiger partial charge in [-0.2, -0.15) is 0 Å². The van der Waals surface area contributed by atoms with E-state index in [0.29, 0.717) is 29.6 Å². The van der Waals surface area contributed by atoms with Crippen LogP contribution in [0.25, 0.3) is 22.0 Å². The van der Waals surface area contributed by atoms with Crippen LogP contribution in [0.3, 0.4) is 0 Å². The third-order valence-electron chi connectivity index (χ3n) is 7.98. The largest absolute Gasteiger partial charge is 0.392 e. The van der Waals surface area contributed by atoms with Gasteiger partial charge in [-0.3, -0.25) is 0 Å². The Kier molecular flexibility index (Phi) is 10.7. The van der Waals surface area contributed by atoms with Crippen LogP contribution in [-0.2, 0) is 20.1 Å². The molecule has 197 valence electrons. The summed E-state index contributed by atoms with van der Waals surface area (Å²) < 4.78 is 0. The second kappa shape index (κ2) is 13.3. The van der Waals surface area contributed by atoms with E-state index in [9.17, 15) is 10.2 Å². The summed E-state index contributed by atoms with van der Waals surface area (Å²) in [7, 11) is 0. The molecule has 3 nitrogen and oxygen atoms in total. The fourth-order valence-electron chi connectivity index (χ4n) is 6.47. The Bertz CT molecular complexity index is 1060. The van der Waals surface area contributed by atoms with Crippen LogP contribution >= 0.6 is 0 Å². The van der Waals surface area contributed by atoms with E-state index < -0.39 is 0 Å². The fourth-order valence-corrected chi connectivity index (χ4v) is 6.47. The van der Waals surface area contributed by atoms with Gasteiger partial charge in [0, 0.05) is 32.2 Å². The van der Waals surface area contributed by atoms with Gasteiger partial charge in [-0.25, -0.2) is 0 Å². The van der Waals surface area contributed by atoms with E-state index in [0.717, 1.165) is 36.9 Å². The molecule has 2 fully saturated rings. The van der Waals surface area contributed by atoms with Crippen LogP contribution in [0.4, 0.5) is 0 Å². The number of nitrogens with zero attached hydrogens (tertiary/aromatic N) is 1. The minimum atomic E-state index is -0.270. The van der Waals surface area contributed by atoms with Crippen LogP contribution < -0.4 is 0 Å². The number of rotatable bonds is 5. The predicted molar refractivity (Wildman–Crippen MR) is 145 cm³/mol. The number of pyridine rings is 1. The normalized spacial score (nSPS) is 27.3. The maximum Gasteiger partial charge on any atom is 0.0624 e. The second-order valence-corrected chi connectivity index (χ2v) is 11.6. The molecule has 3 aromatic rings. The van der Waals surface area contributed by atoms with Crippen LogP contribution in [0.5, 0.6) is 0 Å². The summed E-state index contributed by atoms with van der Waals surface area (Å²) in [5.74, 6) is 2.83. The smallest absolute Gasteiger partial charge is 0.0624 e. The summed E-state index contributed by atoms with van der Waals surface area (Å²) in [5.41, 5.74) is 2.01. The first-order chi connectivity index (χ1) is 16.8. The van der Waals surface area contributed by atoms with Gasteiger partial charge in [0.25, 0.3) is 0 Å². The molecule has 1 aromatic heterocycles. The molecule has 2 saturated carbocycles. The minimum absolute atomic E-state index is 0. The van der Waals surface area contributed by atoms with Gasteiger partial charge in [0.2, 0.25) is 0 Å². The van der Waals surface area contributed by atoms with E-state index in [1.807, 2.05) is 42.6 Å². The van der Waals surface area contributed by atoms with Gasteiger partial charge in [0.15, 0.2) is 0 Å². The maximum absolute atomic E-state index is 10.7. The second-order valence-electron chi connectivity index (χ2n) is 11.6. The zero-order valence-corrected chi connectivity index (χ0v) is 24.5. The number of benzene rings is 2. The summed E-state index contributed by atoms with van der Waals surface area (Å²) in [5, 5.41) is 23.6. The average molecular weight is 665 g/mol. The molecule has 0 spiro atoms. The molecular formula is C32H42IrNO2-. The van der Waals surface area contributed by atoms with Crippen molar-refractivity contribution in [1.82, 2.24) is 4.98 Å². The minimum Gasteiger partial charge on any atom is -0.392 e. The topological polar surface area (TPSA) is 53.4 Å². The molecule has 4 heteroatoms. The van der Waals surface area contributed by atoms with Gasteiger partial charge in [-0.1, -0.05) is 58.0 Å². The van der Waals surface area contributed by atoms with Crippen molar-refractivity contribution in [2.45, 2.75) is 72.0 Å². The molecule has 36 heavy (non-hydrogen) atoms. The van der Waals surface area contributed by atoms with Gasteiger partial charge in [-0.15, -0.1) is 35.9 Å². The Morgan fingerprint density at radius 2 is 1.50 bits per heavy atom. The van der Waals surface area contributed by atoms with Gasteiger partial charge < -0.3 is 15.2 Å². The number of hydrogen-bond donors (Lipinski definition) is 2. The van der Waals surface area contributed by atoms with E-state index in [1.165, 1.54) is 17.2 Å². The first-order valence-corrected chi connectivity index (χ1v) is 13.5. The number of fused-ring (bicyclic) bond motifs is 2. The Labute approximate surface area is 231 Å². The molecule has 2 aliphatic carbocycles. The van der Waals surface area contributed by atoms with E-state index in [4.69, 9.17) is 0 Å². The first kappa shape index (κ1) is 29.0. The van der Waals surface area contributed by atoms with Crippen molar-refractivity contribution in [2.75, 3.05) is 0 Å². The summed E-state index contributed by atoms with van der Waals surface area (Å²) in [6.45, 7) is 8.91. The third-order valence-corrected chi connectivity index (χ3v) is 7.98. The summed E-state index contributed by atoms with van der Waals surface area (Å²) in [6.07, 6.45) is 7.08. The Balaban J connectivity index is 0.000000197. The number of hydrogen-bond acceptors (Lipinski definition) is 3.